The van der Waals surface area contributed by atoms with Crippen molar-refractivity contribution in [2.75, 3.05) is 0 Å². The Morgan fingerprint density at radius 3 is 2.85 bits per heavy atom. The predicted octanol–water partition coefficient (Wildman–Crippen LogP) is 3.36. The number of fused-ring (bicyclic) bond motifs is 1. The molecule has 0 fully saturated rings. The van der Waals surface area contributed by atoms with E-state index in [-0.39, 0.29) is 6.61 Å². The summed E-state index contributed by atoms with van der Waals surface area (Å²) in [4.78, 5) is 1.24. The standard InChI is InChI=1S/C10H9ClOS/c1-6-2-8-3-7(5-12)4-9(11)10(8)13-6/h2-4,12H,5H2,1H3. The van der Waals surface area contributed by atoms with Crippen LogP contribution in [-0.4, -0.2) is 5.11 Å². The summed E-state index contributed by atoms with van der Waals surface area (Å²) in [7, 11) is 0. The van der Waals surface area contributed by atoms with Crippen LogP contribution in [0, 0.1) is 6.92 Å². The Labute approximate surface area is 85.6 Å². The summed E-state index contributed by atoms with van der Waals surface area (Å²) in [5.74, 6) is 0. The van der Waals surface area contributed by atoms with Crippen molar-refractivity contribution in [2.45, 2.75) is 13.5 Å². The fraction of sp³-hybridized carbons (Fsp3) is 0.200. The fourth-order valence-corrected chi connectivity index (χ4v) is 2.65. The molecule has 0 amide bonds. The van der Waals surface area contributed by atoms with Gasteiger partial charge in [0, 0.05) is 4.88 Å². The van der Waals surface area contributed by atoms with Crippen molar-refractivity contribution in [2.24, 2.45) is 0 Å². The van der Waals surface area contributed by atoms with E-state index in [1.807, 2.05) is 12.1 Å². The van der Waals surface area contributed by atoms with Crippen molar-refractivity contribution in [1.82, 2.24) is 0 Å². The maximum Gasteiger partial charge on any atom is 0.0682 e. The number of rotatable bonds is 1. The molecule has 1 aromatic carbocycles. The van der Waals surface area contributed by atoms with Crippen LogP contribution in [0.15, 0.2) is 18.2 Å². The van der Waals surface area contributed by atoms with Crippen LogP contribution in [0.5, 0.6) is 0 Å². The van der Waals surface area contributed by atoms with E-state index in [2.05, 4.69) is 13.0 Å². The zero-order valence-electron chi connectivity index (χ0n) is 7.17. The molecule has 0 bridgehead atoms. The summed E-state index contributed by atoms with van der Waals surface area (Å²) in [6.07, 6.45) is 0. The molecule has 2 rings (SSSR count). The normalized spacial score (nSPS) is 11.0. The molecule has 1 N–H and O–H groups in total. The van der Waals surface area contributed by atoms with Gasteiger partial charge < -0.3 is 5.11 Å². The molecular formula is C10H9ClOS. The lowest BCUT2D eigenvalue weighted by Gasteiger charge is -1.98. The summed E-state index contributed by atoms with van der Waals surface area (Å²) in [6.45, 7) is 2.10. The number of aliphatic hydroxyl groups is 1. The van der Waals surface area contributed by atoms with E-state index in [9.17, 15) is 0 Å². The van der Waals surface area contributed by atoms with Crippen LogP contribution in [-0.2, 0) is 6.61 Å². The van der Waals surface area contributed by atoms with E-state index in [0.29, 0.717) is 0 Å². The highest BCUT2D eigenvalue weighted by atomic mass is 35.5. The monoisotopic (exact) mass is 212 g/mol. The molecule has 0 aliphatic heterocycles. The van der Waals surface area contributed by atoms with E-state index >= 15 is 0 Å². The predicted molar refractivity (Wildman–Crippen MR) is 57.5 cm³/mol. The highest BCUT2D eigenvalue weighted by Crippen LogP contribution is 2.32. The van der Waals surface area contributed by atoms with Crippen LogP contribution < -0.4 is 0 Å². The van der Waals surface area contributed by atoms with E-state index < -0.39 is 0 Å². The van der Waals surface area contributed by atoms with Gasteiger partial charge in [0.1, 0.15) is 0 Å². The summed E-state index contributed by atoms with van der Waals surface area (Å²) in [6, 6.07) is 5.88. The molecule has 3 heteroatoms. The van der Waals surface area contributed by atoms with Gasteiger partial charge in [0.15, 0.2) is 0 Å². The van der Waals surface area contributed by atoms with Crippen molar-refractivity contribution < 1.29 is 5.11 Å². The summed E-state index contributed by atoms with van der Waals surface area (Å²) in [5.41, 5.74) is 0.871. The van der Waals surface area contributed by atoms with Gasteiger partial charge in [-0.2, -0.15) is 0 Å². The van der Waals surface area contributed by atoms with E-state index in [0.717, 1.165) is 20.7 Å². The first kappa shape index (κ1) is 9.00. The topological polar surface area (TPSA) is 20.2 Å². The first-order chi connectivity index (χ1) is 6.20. The highest BCUT2D eigenvalue weighted by molar-refractivity contribution is 7.19. The fourth-order valence-electron chi connectivity index (χ4n) is 1.39. The molecule has 0 atom stereocenters. The van der Waals surface area contributed by atoms with E-state index in [4.69, 9.17) is 16.7 Å². The minimum absolute atomic E-state index is 0.0462. The van der Waals surface area contributed by atoms with Gasteiger partial charge in [0.2, 0.25) is 0 Å². The van der Waals surface area contributed by atoms with Crippen LogP contribution in [0.25, 0.3) is 10.1 Å². The third kappa shape index (κ3) is 1.57. The molecule has 68 valence electrons. The molecule has 0 saturated heterocycles. The lowest BCUT2D eigenvalue weighted by Crippen LogP contribution is -1.81. The third-order valence-corrected chi connectivity index (χ3v) is 3.45. The van der Waals surface area contributed by atoms with Crippen molar-refractivity contribution >= 4 is 33.0 Å². The first-order valence-corrected chi connectivity index (χ1v) is 5.19. The largest absolute Gasteiger partial charge is 0.392 e. The number of thiophene rings is 1. The van der Waals surface area contributed by atoms with Gasteiger partial charge in [0.25, 0.3) is 0 Å². The average molecular weight is 213 g/mol. The van der Waals surface area contributed by atoms with Crippen LogP contribution in [0.4, 0.5) is 0 Å². The molecule has 0 unspecified atom stereocenters. The smallest absolute Gasteiger partial charge is 0.0682 e. The SMILES string of the molecule is Cc1cc2cc(CO)cc(Cl)c2s1. The Morgan fingerprint density at radius 2 is 2.15 bits per heavy atom. The number of hydrogen-bond donors (Lipinski definition) is 1. The maximum absolute atomic E-state index is 8.97. The minimum atomic E-state index is 0.0462. The van der Waals surface area contributed by atoms with Gasteiger partial charge in [-0.3, -0.25) is 0 Å². The summed E-state index contributed by atoms with van der Waals surface area (Å²) in [5, 5.41) is 10.8. The van der Waals surface area contributed by atoms with E-state index in [1.54, 1.807) is 11.3 Å². The van der Waals surface area contributed by atoms with Gasteiger partial charge in [-0.05, 0) is 36.1 Å². The average Bonchev–Trinajstić information content (AvgIpc) is 2.46. The van der Waals surface area contributed by atoms with Gasteiger partial charge in [-0.25, -0.2) is 0 Å². The lowest BCUT2D eigenvalue weighted by atomic mass is 10.2. The zero-order chi connectivity index (χ0) is 9.42. The maximum atomic E-state index is 8.97. The Hall–Kier alpha value is -0.570. The van der Waals surface area contributed by atoms with Crippen LogP contribution in [0.1, 0.15) is 10.4 Å². The Kier molecular flexibility index (Phi) is 2.28. The molecule has 0 saturated carbocycles. The second kappa shape index (κ2) is 3.29. The van der Waals surface area contributed by atoms with Crippen molar-refractivity contribution in [3.05, 3.63) is 33.7 Å². The highest BCUT2D eigenvalue weighted by Gasteiger charge is 2.04. The van der Waals surface area contributed by atoms with Gasteiger partial charge in [-0.15, -0.1) is 11.3 Å². The van der Waals surface area contributed by atoms with Gasteiger partial charge >= 0.3 is 0 Å². The van der Waals surface area contributed by atoms with Gasteiger partial charge in [-0.1, -0.05) is 11.6 Å². The Morgan fingerprint density at radius 1 is 1.38 bits per heavy atom. The van der Waals surface area contributed by atoms with Crippen molar-refractivity contribution in [1.29, 1.82) is 0 Å². The van der Waals surface area contributed by atoms with Crippen LogP contribution in [0.2, 0.25) is 5.02 Å². The number of hydrogen-bond acceptors (Lipinski definition) is 2. The molecule has 1 heterocycles. The molecular weight excluding hydrogens is 204 g/mol. The second-order valence-corrected chi connectivity index (χ2v) is 4.67. The van der Waals surface area contributed by atoms with Crippen molar-refractivity contribution in [3.8, 4) is 0 Å². The second-order valence-electron chi connectivity index (χ2n) is 3.01. The van der Waals surface area contributed by atoms with E-state index in [1.165, 1.54) is 4.88 Å². The number of aryl methyl sites for hydroxylation is 1. The van der Waals surface area contributed by atoms with Crippen LogP contribution in [0.3, 0.4) is 0 Å². The quantitative estimate of drug-likeness (QED) is 0.769. The number of halogens is 1. The Balaban J connectivity index is 2.75. The van der Waals surface area contributed by atoms with Crippen LogP contribution >= 0.6 is 22.9 Å². The lowest BCUT2D eigenvalue weighted by molar-refractivity contribution is 0.282. The van der Waals surface area contributed by atoms with Gasteiger partial charge in [0.05, 0.1) is 16.3 Å². The number of benzene rings is 1. The molecule has 1 aromatic heterocycles. The third-order valence-electron chi connectivity index (χ3n) is 1.94. The molecule has 0 radical (unpaired) electrons. The molecule has 0 aliphatic carbocycles. The molecule has 2 aromatic rings. The molecule has 0 spiro atoms. The summed E-state index contributed by atoms with van der Waals surface area (Å²) < 4.78 is 1.11. The van der Waals surface area contributed by atoms with Crippen molar-refractivity contribution in [3.63, 3.8) is 0 Å². The Bertz CT molecular complexity index is 447. The molecule has 1 nitrogen and oxygen atoms in total. The first-order valence-electron chi connectivity index (χ1n) is 4.00. The molecule has 13 heavy (non-hydrogen) atoms. The molecule has 0 aliphatic rings. The summed E-state index contributed by atoms with van der Waals surface area (Å²) >= 11 is 7.74. The zero-order valence-corrected chi connectivity index (χ0v) is 8.75. The minimum Gasteiger partial charge on any atom is -0.392 e. The number of aliphatic hydroxyl groups excluding tert-OH is 1.